The highest BCUT2D eigenvalue weighted by molar-refractivity contribution is 5.91. The highest BCUT2D eigenvalue weighted by Crippen LogP contribution is 2.31. The molecule has 5 heteroatoms. The standard InChI is InChI=1S/C27H46O5/c1-3-4-5-6-7-8-9-10-11-12-13-14-15-16-17-18-19-20-25-21-27(22-28,32-26(25)30)23-31-24(2)29/h10-11,20,28H,3-9,12-19,21-23H2,1-2H3/b11-10-,25-20+/t27-/m1/s1. The van der Waals surface area contributed by atoms with E-state index >= 15 is 0 Å². The number of aliphatic hydroxyl groups excluding tert-OH is 1. The first-order valence-corrected chi connectivity index (χ1v) is 12.8. The summed E-state index contributed by atoms with van der Waals surface area (Å²) in [5.74, 6) is -0.855. The summed E-state index contributed by atoms with van der Waals surface area (Å²) < 4.78 is 10.3. The van der Waals surface area contributed by atoms with Crippen LogP contribution in [0.4, 0.5) is 0 Å². The summed E-state index contributed by atoms with van der Waals surface area (Å²) >= 11 is 0. The van der Waals surface area contributed by atoms with E-state index in [0.717, 1.165) is 19.3 Å². The van der Waals surface area contributed by atoms with E-state index in [2.05, 4.69) is 19.1 Å². The van der Waals surface area contributed by atoms with Crippen LogP contribution in [0.5, 0.6) is 0 Å². The van der Waals surface area contributed by atoms with Crippen molar-refractivity contribution in [2.45, 2.75) is 122 Å². The van der Waals surface area contributed by atoms with Crippen molar-refractivity contribution in [2.24, 2.45) is 0 Å². The molecule has 1 rings (SSSR count). The molecule has 5 nitrogen and oxygen atoms in total. The van der Waals surface area contributed by atoms with Crippen molar-refractivity contribution in [3.63, 3.8) is 0 Å². The van der Waals surface area contributed by atoms with Gasteiger partial charge in [0.2, 0.25) is 0 Å². The van der Waals surface area contributed by atoms with Crippen LogP contribution in [0.3, 0.4) is 0 Å². The predicted octanol–water partition coefficient (Wildman–Crippen LogP) is 6.58. The molecule has 1 fully saturated rings. The van der Waals surface area contributed by atoms with Crippen LogP contribution in [0, 0.1) is 0 Å². The third-order valence-corrected chi connectivity index (χ3v) is 6.02. The van der Waals surface area contributed by atoms with Crippen LogP contribution in [-0.2, 0) is 19.1 Å². The van der Waals surface area contributed by atoms with Gasteiger partial charge >= 0.3 is 11.9 Å². The van der Waals surface area contributed by atoms with Crippen LogP contribution in [0.2, 0.25) is 0 Å². The van der Waals surface area contributed by atoms with Crippen LogP contribution in [0.25, 0.3) is 0 Å². The van der Waals surface area contributed by atoms with Crippen molar-refractivity contribution in [2.75, 3.05) is 13.2 Å². The molecule has 1 N–H and O–H groups in total. The number of unbranched alkanes of at least 4 members (excludes halogenated alkanes) is 13. The lowest BCUT2D eigenvalue weighted by molar-refractivity contribution is -0.164. The van der Waals surface area contributed by atoms with Crippen molar-refractivity contribution in [1.29, 1.82) is 0 Å². The van der Waals surface area contributed by atoms with Gasteiger partial charge in [-0.2, -0.15) is 0 Å². The average molecular weight is 451 g/mol. The first-order chi connectivity index (χ1) is 15.5. The van der Waals surface area contributed by atoms with Gasteiger partial charge < -0.3 is 14.6 Å². The van der Waals surface area contributed by atoms with Crippen LogP contribution in [0.1, 0.15) is 117 Å². The Hall–Kier alpha value is -1.62. The smallest absolute Gasteiger partial charge is 0.334 e. The van der Waals surface area contributed by atoms with Gasteiger partial charge in [0.1, 0.15) is 6.61 Å². The lowest BCUT2D eigenvalue weighted by Crippen LogP contribution is -2.39. The van der Waals surface area contributed by atoms with Crippen molar-refractivity contribution >= 4 is 11.9 Å². The lowest BCUT2D eigenvalue weighted by atomic mass is 9.98. The lowest BCUT2D eigenvalue weighted by Gasteiger charge is -2.23. The zero-order valence-electron chi connectivity index (χ0n) is 20.5. The van der Waals surface area contributed by atoms with Crippen LogP contribution >= 0.6 is 0 Å². The number of ether oxygens (including phenoxy) is 2. The molecule has 0 amide bonds. The summed E-state index contributed by atoms with van der Waals surface area (Å²) in [5.41, 5.74) is -0.531. The normalized spacial score (nSPS) is 19.7. The monoisotopic (exact) mass is 450 g/mol. The first-order valence-electron chi connectivity index (χ1n) is 12.8. The topological polar surface area (TPSA) is 72.8 Å². The minimum absolute atomic E-state index is 0.101. The van der Waals surface area contributed by atoms with E-state index < -0.39 is 17.5 Å². The Morgan fingerprint density at radius 3 is 2.00 bits per heavy atom. The van der Waals surface area contributed by atoms with Crippen LogP contribution in [0.15, 0.2) is 23.8 Å². The fraction of sp³-hybridized carbons (Fsp3) is 0.778. The molecule has 0 aromatic carbocycles. The van der Waals surface area contributed by atoms with Crippen LogP contribution < -0.4 is 0 Å². The molecule has 0 aromatic rings. The van der Waals surface area contributed by atoms with Crippen molar-refractivity contribution < 1.29 is 24.2 Å². The minimum atomic E-state index is -1.11. The highest BCUT2D eigenvalue weighted by Gasteiger charge is 2.44. The maximum atomic E-state index is 12.0. The number of hydrogen-bond donors (Lipinski definition) is 1. The number of allylic oxidation sites excluding steroid dienone is 3. The second-order valence-electron chi connectivity index (χ2n) is 9.14. The maximum Gasteiger partial charge on any atom is 0.334 e. The molecular weight excluding hydrogens is 404 g/mol. The second-order valence-corrected chi connectivity index (χ2v) is 9.14. The average Bonchev–Trinajstić information content (AvgIpc) is 3.10. The number of hydrogen-bond acceptors (Lipinski definition) is 5. The summed E-state index contributed by atoms with van der Waals surface area (Å²) in [6.07, 6.45) is 25.6. The number of aliphatic hydroxyl groups is 1. The van der Waals surface area contributed by atoms with E-state index in [-0.39, 0.29) is 13.2 Å². The van der Waals surface area contributed by atoms with Crippen molar-refractivity contribution in [3.05, 3.63) is 23.8 Å². The zero-order valence-corrected chi connectivity index (χ0v) is 20.5. The molecule has 0 saturated carbocycles. The van der Waals surface area contributed by atoms with Gasteiger partial charge in [0, 0.05) is 18.9 Å². The molecule has 184 valence electrons. The third kappa shape index (κ3) is 13.0. The number of carbonyl (C=O) groups is 2. The van der Waals surface area contributed by atoms with E-state index in [0.29, 0.717) is 12.0 Å². The van der Waals surface area contributed by atoms with E-state index in [1.54, 1.807) is 0 Å². The minimum Gasteiger partial charge on any atom is -0.462 e. The molecule has 0 unspecified atom stereocenters. The molecule has 0 aromatic heterocycles. The van der Waals surface area contributed by atoms with E-state index in [1.807, 2.05) is 6.08 Å². The maximum absolute atomic E-state index is 12.0. The molecule has 1 saturated heterocycles. The van der Waals surface area contributed by atoms with Gasteiger partial charge in [-0.25, -0.2) is 4.79 Å². The van der Waals surface area contributed by atoms with Gasteiger partial charge in [-0.15, -0.1) is 0 Å². The van der Waals surface area contributed by atoms with Gasteiger partial charge in [0.25, 0.3) is 0 Å². The van der Waals surface area contributed by atoms with E-state index in [9.17, 15) is 14.7 Å². The Labute approximate surface area is 195 Å². The Morgan fingerprint density at radius 1 is 0.938 bits per heavy atom. The molecule has 1 atom stereocenters. The SMILES string of the molecule is CCCCCCCC/C=C\CCCCCCCC/C=C1\C[C@@](CO)(COC(C)=O)OC1=O. The number of esters is 2. The summed E-state index contributed by atoms with van der Waals surface area (Å²) in [6.45, 7) is 3.11. The summed E-state index contributed by atoms with van der Waals surface area (Å²) in [6, 6.07) is 0. The second kappa shape index (κ2) is 17.9. The van der Waals surface area contributed by atoms with Gasteiger partial charge in [-0.1, -0.05) is 82.9 Å². The third-order valence-electron chi connectivity index (χ3n) is 6.02. The highest BCUT2D eigenvalue weighted by atomic mass is 16.6. The van der Waals surface area contributed by atoms with Crippen molar-refractivity contribution in [3.8, 4) is 0 Å². The largest absolute Gasteiger partial charge is 0.462 e. The van der Waals surface area contributed by atoms with Gasteiger partial charge in [0.15, 0.2) is 5.60 Å². The zero-order chi connectivity index (χ0) is 23.5. The summed E-state index contributed by atoms with van der Waals surface area (Å²) in [5, 5.41) is 9.59. The summed E-state index contributed by atoms with van der Waals surface area (Å²) in [4.78, 5) is 23.1. The quantitative estimate of drug-likeness (QED) is 0.104. The Kier molecular flexibility index (Phi) is 15.9. The molecule has 1 aliphatic rings. The molecule has 0 bridgehead atoms. The van der Waals surface area contributed by atoms with Crippen LogP contribution in [-0.4, -0.2) is 35.9 Å². The molecule has 0 spiro atoms. The molecule has 1 heterocycles. The Bertz CT molecular complexity index is 581. The fourth-order valence-corrected chi connectivity index (χ4v) is 3.99. The molecule has 0 aliphatic carbocycles. The molecule has 0 radical (unpaired) electrons. The van der Waals surface area contributed by atoms with E-state index in [1.165, 1.54) is 84.0 Å². The molecule has 32 heavy (non-hydrogen) atoms. The Balaban J connectivity index is 2.01. The molecule has 1 aliphatic heterocycles. The predicted molar refractivity (Wildman–Crippen MR) is 129 cm³/mol. The van der Waals surface area contributed by atoms with E-state index in [4.69, 9.17) is 9.47 Å². The van der Waals surface area contributed by atoms with Gasteiger partial charge in [-0.05, 0) is 38.5 Å². The van der Waals surface area contributed by atoms with Gasteiger partial charge in [-0.3, -0.25) is 4.79 Å². The fourth-order valence-electron chi connectivity index (χ4n) is 3.99. The summed E-state index contributed by atoms with van der Waals surface area (Å²) in [7, 11) is 0. The van der Waals surface area contributed by atoms with Crippen molar-refractivity contribution in [1.82, 2.24) is 0 Å². The number of rotatable bonds is 19. The molecular formula is C27H46O5. The number of cyclic esters (lactones) is 1. The Morgan fingerprint density at radius 2 is 1.47 bits per heavy atom. The first kappa shape index (κ1) is 28.4. The van der Waals surface area contributed by atoms with Gasteiger partial charge in [0.05, 0.1) is 6.61 Å². The number of carbonyl (C=O) groups excluding carboxylic acids is 2.